The molecule has 2 atom stereocenters. The van der Waals surface area contributed by atoms with Crippen LogP contribution in [-0.4, -0.2) is 29.2 Å². The van der Waals surface area contributed by atoms with Crippen LogP contribution in [0.5, 0.6) is 0 Å². The van der Waals surface area contributed by atoms with Crippen molar-refractivity contribution in [2.75, 3.05) is 11.9 Å². The second-order valence-corrected chi connectivity index (χ2v) is 11.2. The maximum atomic E-state index is 13.8. The fourth-order valence-corrected chi connectivity index (χ4v) is 7.53. The van der Waals surface area contributed by atoms with Crippen LogP contribution >= 0.6 is 23.2 Å². The molecule has 7 rings (SSSR count). The molecule has 1 saturated heterocycles. The van der Waals surface area contributed by atoms with Gasteiger partial charge in [-0.05, 0) is 59.4 Å². The minimum Gasteiger partial charge on any atom is -0.326 e. The summed E-state index contributed by atoms with van der Waals surface area (Å²) >= 11 is 14.8. The lowest BCUT2D eigenvalue weighted by Crippen LogP contribution is -2.57. The molecule has 3 amide bonds. The molecule has 7 heteroatoms. The molecule has 0 saturated carbocycles. The Bertz CT molecular complexity index is 1320. The number of likely N-dealkylation sites (tertiary alicyclic amines) is 1. The van der Waals surface area contributed by atoms with E-state index >= 15 is 0 Å². The summed E-state index contributed by atoms with van der Waals surface area (Å²) in [4.78, 5) is 39.1. The van der Waals surface area contributed by atoms with E-state index in [-0.39, 0.29) is 30.7 Å². The second-order valence-electron chi connectivity index (χ2n) is 9.97. The van der Waals surface area contributed by atoms with Gasteiger partial charge in [0.25, 0.3) is 0 Å². The molecule has 0 unspecified atom stereocenters. The van der Waals surface area contributed by atoms with E-state index in [4.69, 9.17) is 23.2 Å². The zero-order valence-corrected chi connectivity index (χ0v) is 21.4. The number of aryl methyl sites for hydroxylation is 2. The molecule has 1 aliphatic heterocycles. The highest BCUT2D eigenvalue weighted by atomic mass is 35.5. The maximum Gasteiger partial charge on any atom is 0.235 e. The van der Waals surface area contributed by atoms with Gasteiger partial charge in [-0.3, -0.25) is 19.3 Å². The SMILES string of the molecule is Cc1cc(C)cc(NC(=O)CCN2C(=O)[C@H]3[C@H](C2=O)C2(Cl)c4ccccc4C3(Cl)c3ccccc32)c1. The maximum absolute atomic E-state index is 13.8. The molecule has 36 heavy (non-hydrogen) atoms. The van der Waals surface area contributed by atoms with Crippen LogP contribution < -0.4 is 5.32 Å². The van der Waals surface area contributed by atoms with E-state index in [1.165, 1.54) is 4.90 Å². The second kappa shape index (κ2) is 7.92. The van der Waals surface area contributed by atoms with Crippen LogP contribution in [0.25, 0.3) is 0 Å². The lowest BCUT2D eigenvalue weighted by molar-refractivity contribution is -0.140. The van der Waals surface area contributed by atoms with E-state index in [0.29, 0.717) is 5.69 Å². The molecule has 3 aliphatic carbocycles. The van der Waals surface area contributed by atoms with Gasteiger partial charge in [-0.15, -0.1) is 23.2 Å². The zero-order valence-electron chi connectivity index (χ0n) is 19.8. The number of alkyl halides is 2. The Labute approximate surface area is 219 Å². The van der Waals surface area contributed by atoms with Crippen LogP contribution in [-0.2, 0) is 24.1 Å². The van der Waals surface area contributed by atoms with Crippen molar-refractivity contribution in [3.63, 3.8) is 0 Å². The van der Waals surface area contributed by atoms with Crippen molar-refractivity contribution in [3.8, 4) is 0 Å². The lowest BCUT2D eigenvalue weighted by atomic mass is 9.54. The summed E-state index contributed by atoms with van der Waals surface area (Å²) in [6, 6.07) is 20.8. The number of hydrogen-bond donors (Lipinski definition) is 1. The number of imide groups is 1. The van der Waals surface area contributed by atoms with Crippen molar-refractivity contribution < 1.29 is 14.4 Å². The Morgan fingerprint density at radius 3 is 1.64 bits per heavy atom. The van der Waals surface area contributed by atoms with Crippen molar-refractivity contribution in [1.82, 2.24) is 4.90 Å². The summed E-state index contributed by atoms with van der Waals surface area (Å²) in [6.45, 7) is 3.88. The minimum absolute atomic E-state index is 0.0195. The van der Waals surface area contributed by atoms with Gasteiger partial charge in [-0.2, -0.15) is 0 Å². The van der Waals surface area contributed by atoms with E-state index in [1.54, 1.807) is 0 Å². The molecule has 1 fully saturated rings. The molecular weight excluding hydrogens is 495 g/mol. The average Bonchev–Trinajstić information content (AvgIpc) is 3.11. The molecule has 0 spiro atoms. The van der Waals surface area contributed by atoms with Gasteiger partial charge >= 0.3 is 0 Å². The molecule has 0 radical (unpaired) electrons. The molecule has 4 aliphatic rings. The number of amides is 3. The van der Waals surface area contributed by atoms with E-state index in [2.05, 4.69) is 5.32 Å². The average molecular weight is 519 g/mol. The van der Waals surface area contributed by atoms with Gasteiger partial charge in [0.15, 0.2) is 0 Å². The normalized spacial score (nSPS) is 27.5. The van der Waals surface area contributed by atoms with Crippen molar-refractivity contribution in [1.29, 1.82) is 0 Å². The fraction of sp³-hybridized carbons (Fsp3) is 0.276. The summed E-state index contributed by atoms with van der Waals surface area (Å²) in [5.74, 6) is -2.74. The van der Waals surface area contributed by atoms with Crippen LogP contribution in [0.1, 0.15) is 39.8 Å². The number of rotatable bonds is 4. The van der Waals surface area contributed by atoms with E-state index in [0.717, 1.165) is 33.4 Å². The summed E-state index contributed by atoms with van der Waals surface area (Å²) < 4.78 is 0. The topological polar surface area (TPSA) is 66.5 Å². The quantitative estimate of drug-likeness (QED) is 0.380. The van der Waals surface area contributed by atoms with Crippen LogP contribution in [0.4, 0.5) is 5.69 Å². The molecule has 182 valence electrons. The smallest absolute Gasteiger partial charge is 0.235 e. The first-order valence-corrected chi connectivity index (χ1v) is 12.7. The van der Waals surface area contributed by atoms with Crippen molar-refractivity contribution >= 4 is 46.6 Å². The van der Waals surface area contributed by atoms with E-state index < -0.39 is 21.6 Å². The predicted molar refractivity (Wildman–Crippen MR) is 139 cm³/mol. The van der Waals surface area contributed by atoms with Gasteiger partial charge in [0.05, 0.1) is 11.8 Å². The Kier molecular flexibility index (Phi) is 5.12. The number of carbonyl (C=O) groups is 3. The predicted octanol–water partition coefficient (Wildman–Crippen LogP) is 5.23. The number of halogens is 2. The summed E-state index contributed by atoms with van der Waals surface area (Å²) in [6.07, 6.45) is -0.0195. The largest absolute Gasteiger partial charge is 0.326 e. The van der Waals surface area contributed by atoms with Crippen LogP contribution in [0.15, 0.2) is 66.7 Å². The molecule has 2 bridgehead atoms. The Hall–Kier alpha value is -3.15. The van der Waals surface area contributed by atoms with Gasteiger partial charge in [-0.25, -0.2) is 0 Å². The zero-order chi connectivity index (χ0) is 25.4. The van der Waals surface area contributed by atoms with Gasteiger partial charge in [0.1, 0.15) is 9.75 Å². The number of anilines is 1. The molecule has 3 aromatic carbocycles. The first kappa shape index (κ1) is 23.3. The van der Waals surface area contributed by atoms with Gasteiger partial charge in [0.2, 0.25) is 17.7 Å². The number of hydrogen-bond acceptors (Lipinski definition) is 3. The number of nitrogens with one attached hydrogen (secondary N) is 1. The van der Waals surface area contributed by atoms with Gasteiger partial charge in [-0.1, -0.05) is 54.6 Å². The van der Waals surface area contributed by atoms with Crippen LogP contribution in [0.2, 0.25) is 0 Å². The molecule has 1 N–H and O–H groups in total. The Balaban J connectivity index is 1.33. The van der Waals surface area contributed by atoms with E-state index in [1.807, 2.05) is 80.6 Å². The minimum atomic E-state index is -1.21. The Morgan fingerprint density at radius 2 is 1.22 bits per heavy atom. The van der Waals surface area contributed by atoms with Crippen molar-refractivity contribution in [3.05, 3.63) is 100 Å². The number of benzene rings is 3. The monoisotopic (exact) mass is 518 g/mol. The molecular formula is C29H24Cl2N2O3. The first-order chi connectivity index (χ1) is 17.2. The molecule has 1 heterocycles. The summed E-state index contributed by atoms with van der Waals surface area (Å²) in [5.41, 5.74) is 5.81. The standard InChI is InChI=1S/C29H24Cl2N2O3/c1-16-13-17(2)15-18(14-16)32-23(34)11-12-33-26(35)24-25(27(33)36)29(31)20-8-4-3-7-19(20)28(24,30)21-9-5-6-10-22(21)29/h3-10,13-15,24-25H,11-12H2,1-2H3,(H,32,34)/t24-,25-,28?,29?/m1/s1. The highest BCUT2D eigenvalue weighted by Gasteiger charge is 2.72. The lowest BCUT2D eigenvalue weighted by Gasteiger charge is -2.54. The van der Waals surface area contributed by atoms with Crippen molar-refractivity contribution in [2.24, 2.45) is 11.8 Å². The molecule has 3 aromatic rings. The number of carbonyl (C=O) groups excluding carboxylic acids is 3. The molecule has 5 nitrogen and oxygen atoms in total. The summed E-state index contributed by atoms with van der Waals surface area (Å²) in [7, 11) is 0. The molecule has 0 aromatic heterocycles. The van der Waals surface area contributed by atoms with Gasteiger partial charge < -0.3 is 5.32 Å². The van der Waals surface area contributed by atoms with E-state index in [9.17, 15) is 14.4 Å². The third kappa shape index (κ3) is 2.99. The van der Waals surface area contributed by atoms with Gasteiger partial charge in [0, 0.05) is 18.7 Å². The van der Waals surface area contributed by atoms with Crippen LogP contribution in [0.3, 0.4) is 0 Å². The summed E-state index contributed by atoms with van der Waals surface area (Å²) in [5, 5.41) is 2.87. The number of nitrogens with zero attached hydrogens (tertiary/aromatic N) is 1. The Morgan fingerprint density at radius 1 is 0.806 bits per heavy atom. The third-order valence-electron chi connectivity index (χ3n) is 7.74. The first-order valence-electron chi connectivity index (χ1n) is 12.0. The van der Waals surface area contributed by atoms with Crippen molar-refractivity contribution in [2.45, 2.75) is 30.0 Å². The highest BCUT2D eigenvalue weighted by Crippen LogP contribution is 2.69. The third-order valence-corrected chi connectivity index (χ3v) is 9.03. The van der Waals surface area contributed by atoms with Crippen LogP contribution in [0, 0.1) is 25.7 Å². The highest BCUT2D eigenvalue weighted by molar-refractivity contribution is 6.36. The fourth-order valence-electron chi connectivity index (χ4n) is 6.43.